The van der Waals surface area contributed by atoms with Gasteiger partial charge in [0, 0.05) is 42.8 Å². The molecule has 2 aromatic heterocycles. The molecule has 0 bridgehead atoms. The normalized spacial score (nSPS) is 14.1. The van der Waals surface area contributed by atoms with Gasteiger partial charge in [0.2, 0.25) is 0 Å². The minimum absolute atomic E-state index is 0.0530. The molecule has 1 aromatic carbocycles. The highest BCUT2D eigenvalue weighted by Crippen LogP contribution is 2.20. The van der Waals surface area contributed by atoms with Gasteiger partial charge in [-0.3, -0.25) is 4.79 Å². The number of aromatic nitrogens is 2. The van der Waals surface area contributed by atoms with Crippen molar-refractivity contribution in [1.82, 2.24) is 14.9 Å². The van der Waals surface area contributed by atoms with Crippen LogP contribution in [0.4, 0.5) is 5.82 Å². The van der Waals surface area contributed by atoms with E-state index in [4.69, 9.17) is 27.9 Å². The lowest BCUT2D eigenvalue weighted by atomic mass is 10.3. The summed E-state index contributed by atoms with van der Waals surface area (Å²) >= 11 is 13.2. The number of pyridine rings is 1. The van der Waals surface area contributed by atoms with Crippen molar-refractivity contribution in [2.24, 2.45) is 0 Å². The van der Waals surface area contributed by atoms with Crippen molar-refractivity contribution in [1.29, 1.82) is 0 Å². The average Bonchev–Trinajstić information content (AvgIpc) is 3.23. The Labute approximate surface area is 182 Å². The Hall–Kier alpha value is -2.35. The van der Waals surface area contributed by atoms with E-state index < -0.39 is 0 Å². The molecule has 1 fully saturated rings. The first-order valence-corrected chi connectivity index (χ1v) is 10.7. The van der Waals surface area contributed by atoms with E-state index in [9.17, 15) is 4.79 Å². The van der Waals surface area contributed by atoms with E-state index in [2.05, 4.69) is 14.9 Å². The lowest BCUT2D eigenvalue weighted by Crippen LogP contribution is -2.49. The van der Waals surface area contributed by atoms with Crippen molar-refractivity contribution in [2.45, 2.75) is 6.61 Å². The van der Waals surface area contributed by atoms with Gasteiger partial charge in [0.15, 0.2) is 0 Å². The minimum Gasteiger partial charge on any atom is -0.486 e. The number of anilines is 1. The van der Waals surface area contributed by atoms with Crippen molar-refractivity contribution in [3.8, 4) is 5.75 Å². The van der Waals surface area contributed by atoms with Crippen LogP contribution in [0.5, 0.6) is 5.75 Å². The number of carbonyl (C=O) groups is 1. The van der Waals surface area contributed by atoms with Gasteiger partial charge in [0.05, 0.1) is 5.02 Å². The van der Waals surface area contributed by atoms with Crippen LogP contribution < -0.4 is 9.64 Å². The number of hydrogen-bond acceptors (Lipinski definition) is 6. The van der Waals surface area contributed by atoms with Gasteiger partial charge in [-0.1, -0.05) is 23.2 Å². The molecule has 0 unspecified atom stereocenters. The SMILES string of the molecule is O=C(c1csc(COc2ccc(Cl)cc2)n1)N1CCN(c2ccc(Cl)cn2)CC1. The fraction of sp³-hybridized carbons (Fsp3) is 0.250. The Morgan fingerprint density at radius 3 is 2.45 bits per heavy atom. The molecule has 0 N–H and O–H groups in total. The van der Waals surface area contributed by atoms with E-state index in [-0.39, 0.29) is 5.91 Å². The molecule has 0 spiro atoms. The maximum atomic E-state index is 12.8. The number of piperazine rings is 1. The van der Waals surface area contributed by atoms with Gasteiger partial charge >= 0.3 is 0 Å². The Morgan fingerprint density at radius 2 is 1.76 bits per heavy atom. The standard InChI is InChI=1S/C20H18Cl2N4O2S/c21-14-1-4-16(5-2-14)28-12-19-24-17(13-29-19)20(27)26-9-7-25(8-10-26)18-6-3-15(22)11-23-18/h1-6,11,13H,7-10,12H2. The first-order chi connectivity index (χ1) is 14.1. The predicted octanol–water partition coefficient (Wildman–Crippen LogP) is 4.39. The van der Waals surface area contributed by atoms with Crippen LogP contribution in [0.2, 0.25) is 10.0 Å². The molecule has 9 heteroatoms. The number of thiazole rings is 1. The number of rotatable bonds is 5. The van der Waals surface area contributed by atoms with E-state index in [1.165, 1.54) is 11.3 Å². The summed E-state index contributed by atoms with van der Waals surface area (Å²) in [7, 11) is 0. The Morgan fingerprint density at radius 1 is 1.03 bits per heavy atom. The average molecular weight is 449 g/mol. The van der Waals surface area contributed by atoms with Crippen LogP contribution in [-0.2, 0) is 6.61 Å². The second kappa shape index (κ2) is 8.98. The first-order valence-electron chi connectivity index (χ1n) is 9.07. The molecule has 4 rings (SSSR count). The molecule has 6 nitrogen and oxygen atoms in total. The zero-order chi connectivity index (χ0) is 20.2. The summed E-state index contributed by atoms with van der Waals surface area (Å²) in [4.78, 5) is 25.5. The summed E-state index contributed by atoms with van der Waals surface area (Å²) in [5, 5.41) is 3.82. The molecule has 0 radical (unpaired) electrons. The van der Waals surface area contributed by atoms with E-state index in [1.807, 2.05) is 17.0 Å². The summed E-state index contributed by atoms with van der Waals surface area (Å²) in [6.07, 6.45) is 1.64. The van der Waals surface area contributed by atoms with Gasteiger partial charge in [-0.05, 0) is 36.4 Å². The number of halogens is 2. The third kappa shape index (κ3) is 4.98. The summed E-state index contributed by atoms with van der Waals surface area (Å²) < 4.78 is 5.70. The highest BCUT2D eigenvalue weighted by Gasteiger charge is 2.24. The van der Waals surface area contributed by atoms with Crippen molar-refractivity contribution in [2.75, 3.05) is 31.1 Å². The van der Waals surface area contributed by atoms with Crippen molar-refractivity contribution < 1.29 is 9.53 Å². The van der Waals surface area contributed by atoms with Crippen LogP contribution >= 0.6 is 34.5 Å². The van der Waals surface area contributed by atoms with Gasteiger partial charge in [-0.2, -0.15) is 0 Å². The van der Waals surface area contributed by atoms with Gasteiger partial charge in [-0.15, -0.1) is 11.3 Å². The van der Waals surface area contributed by atoms with Crippen LogP contribution in [0.15, 0.2) is 48.0 Å². The molecule has 1 saturated heterocycles. The molecule has 1 aliphatic heterocycles. The van der Waals surface area contributed by atoms with Gasteiger partial charge in [-0.25, -0.2) is 9.97 Å². The zero-order valence-electron chi connectivity index (χ0n) is 15.4. The van der Waals surface area contributed by atoms with Crippen molar-refractivity contribution >= 4 is 46.3 Å². The largest absolute Gasteiger partial charge is 0.486 e. The monoisotopic (exact) mass is 448 g/mol. The number of carbonyl (C=O) groups excluding carboxylic acids is 1. The molecule has 150 valence electrons. The number of ether oxygens (including phenoxy) is 1. The number of amides is 1. The Bertz CT molecular complexity index is 971. The van der Waals surface area contributed by atoms with Gasteiger partial charge < -0.3 is 14.5 Å². The molecular formula is C20H18Cl2N4O2S. The van der Waals surface area contributed by atoms with E-state index in [1.54, 1.807) is 35.8 Å². The summed E-state index contributed by atoms with van der Waals surface area (Å²) in [6.45, 7) is 3.00. The van der Waals surface area contributed by atoms with Crippen LogP contribution in [0.1, 0.15) is 15.5 Å². The van der Waals surface area contributed by atoms with Gasteiger partial charge in [0.1, 0.15) is 28.9 Å². The fourth-order valence-electron chi connectivity index (χ4n) is 3.01. The van der Waals surface area contributed by atoms with Crippen molar-refractivity contribution in [3.63, 3.8) is 0 Å². The minimum atomic E-state index is -0.0530. The summed E-state index contributed by atoms with van der Waals surface area (Å²) in [5.74, 6) is 1.53. The highest BCUT2D eigenvalue weighted by atomic mass is 35.5. The topological polar surface area (TPSA) is 58.6 Å². The zero-order valence-corrected chi connectivity index (χ0v) is 17.8. The van der Waals surface area contributed by atoms with E-state index >= 15 is 0 Å². The van der Waals surface area contributed by atoms with E-state index in [0.717, 1.165) is 23.9 Å². The third-order valence-corrected chi connectivity index (χ3v) is 5.85. The van der Waals surface area contributed by atoms with Crippen LogP contribution in [0, 0.1) is 0 Å². The lowest BCUT2D eigenvalue weighted by Gasteiger charge is -2.35. The first kappa shape index (κ1) is 19.9. The van der Waals surface area contributed by atoms with Crippen molar-refractivity contribution in [3.05, 3.63) is 68.7 Å². The Balaban J connectivity index is 1.31. The molecule has 0 saturated carbocycles. The molecule has 1 amide bonds. The van der Waals surface area contributed by atoms with Crippen LogP contribution in [0.3, 0.4) is 0 Å². The predicted molar refractivity (Wildman–Crippen MR) is 115 cm³/mol. The molecule has 29 heavy (non-hydrogen) atoms. The summed E-state index contributed by atoms with van der Waals surface area (Å²) in [6, 6.07) is 10.9. The molecule has 1 aliphatic rings. The maximum Gasteiger partial charge on any atom is 0.273 e. The van der Waals surface area contributed by atoms with Crippen LogP contribution in [-0.4, -0.2) is 47.0 Å². The maximum absolute atomic E-state index is 12.8. The van der Waals surface area contributed by atoms with E-state index in [0.29, 0.717) is 41.2 Å². The fourth-order valence-corrected chi connectivity index (χ4v) is 3.92. The Kier molecular flexibility index (Phi) is 6.18. The number of hydrogen-bond donors (Lipinski definition) is 0. The quantitative estimate of drug-likeness (QED) is 0.579. The number of nitrogens with zero attached hydrogens (tertiary/aromatic N) is 4. The molecular weight excluding hydrogens is 431 g/mol. The lowest BCUT2D eigenvalue weighted by molar-refractivity contribution is 0.0741. The summed E-state index contributed by atoms with van der Waals surface area (Å²) in [5.41, 5.74) is 0.461. The molecule has 0 atom stereocenters. The highest BCUT2D eigenvalue weighted by molar-refractivity contribution is 7.09. The molecule has 0 aliphatic carbocycles. The second-order valence-corrected chi connectivity index (χ2v) is 8.30. The van der Waals surface area contributed by atoms with Crippen LogP contribution in [0.25, 0.3) is 0 Å². The molecule has 3 heterocycles. The van der Waals surface area contributed by atoms with Gasteiger partial charge in [0.25, 0.3) is 5.91 Å². The molecule has 3 aromatic rings. The number of benzene rings is 1. The third-order valence-electron chi connectivity index (χ3n) is 4.55. The smallest absolute Gasteiger partial charge is 0.273 e. The second-order valence-electron chi connectivity index (χ2n) is 6.48.